The molecule has 0 saturated heterocycles. The number of aliphatic hydroxyl groups is 1. The lowest BCUT2D eigenvalue weighted by Gasteiger charge is -2.21. The Kier molecular flexibility index (Phi) is 5.26. The third-order valence-electron chi connectivity index (χ3n) is 3.11. The first-order valence-corrected chi connectivity index (χ1v) is 7.99. The van der Waals surface area contributed by atoms with E-state index in [0.717, 1.165) is 10.6 Å². The van der Waals surface area contributed by atoms with Gasteiger partial charge in [-0.15, -0.1) is 11.3 Å². The number of thiazole rings is 1. The van der Waals surface area contributed by atoms with Crippen LogP contribution in [0, 0.1) is 0 Å². The summed E-state index contributed by atoms with van der Waals surface area (Å²) in [5.41, 5.74) is 0.860. The maximum absolute atomic E-state index is 12.6. The molecular weight excluding hydrogens is 298 g/mol. The van der Waals surface area contributed by atoms with Crippen molar-refractivity contribution >= 4 is 17.2 Å². The Morgan fingerprint density at radius 1 is 1.36 bits per heavy atom. The molecule has 0 aliphatic carbocycles. The fourth-order valence-electron chi connectivity index (χ4n) is 1.96. The fourth-order valence-corrected chi connectivity index (χ4v) is 2.90. The summed E-state index contributed by atoms with van der Waals surface area (Å²) in [5.74, 6) is -0.106. The summed E-state index contributed by atoms with van der Waals surface area (Å²) >= 11 is 1.41. The van der Waals surface area contributed by atoms with E-state index < -0.39 is 0 Å². The largest absolute Gasteiger partial charge is 0.395 e. The third kappa shape index (κ3) is 4.11. The minimum absolute atomic E-state index is 0.0725. The third-order valence-corrected chi connectivity index (χ3v) is 4.52. The molecule has 0 aliphatic rings. The lowest BCUT2D eigenvalue weighted by molar-refractivity contribution is 0.0712. The van der Waals surface area contributed by atoms with Gasteiger partial charge in [0.05, 0.1) is 17.8 Å². The van der Waals surface area contributed by atoms with Gasteiger partial charge >= 0.3 is 0 Å². The van der Waals surface area contributed by atoms with Gasteiger partial charge in [-0.25, -0.2) is 4.98 Å². The number of aliphatic hydroxyl groups excluding tert-OH is 1. The Hall–Kier alpha value is -1.79. The summed E-state index contributed by atoms with van der Waals surface area (Å²) in [6.45, 7) is 6.85. The molecule has 22 heavy (non-hydrogen) atoms. The van der Waals surface area contributed by atoms with E-state index in [-0.39, 0.29) is 24.5 Å². The SMILES string of the molecule is CC(C)(C)c1ncc(C(=O)N(CCO)Cc2cccnc2)s1. The molecule has 6 heteroatoms. The van der Waals surface area contributed by atoms with Crippen molar-refractivity contribution in [2.24, 2.45) is 0 Å². The highest BCUT2D eigenvalue weighted by molar-refractivity contribution is 7.13. The molecule has 0 bridgehead atoms. The van der Waals surface area contributed by atoms with Crippen LogP contribution in [0.25, 0.3) is 0 Å². The Bertz CT molecular complexity index is 620. The van der Waals surface area contributed by atoms with E-state index in [1.54, 1.807) is 23.5 Å². The fraction of sp³-hybridized carbons (Fsp3) is 0.438. The van der Waals surface area contributed by atoms with Crippen molar-refractivity contribution in [2.45, 2.75) is 32.7 Å². The second kappa shape index (κ2) is 6.98. The van der Waals surface area contributed by atoms with Crippen molar-refractivity contribution in [1.29, 1.82) is 0 Å². The van der Waals surface area contributed by atoms with Gasteiger partial charge in [-0.05, 0) is 11.6 Å². The first-order chi connectivity index (χ1) is 10.4. The van der Waals surface area contributed by atoms with E-state index in [0.29, 0.717) is 11.4 Å². The molecule has 0 radical (unpaired) electrons. The van der Waals surface area contributed by atoms with Crippen LogP contribution in [0.15, 0.2) is 30.7 Å². The van der Waals surface area contributed by atoms with Crippen LogP contribution >= 0.6 is 11.3 Å². The average Bonchev–Trinajstić information content (AvgIpc) is 2.97. The quantitative estimate of drug-likeness (QED) is 0.919. The number of nitrogens with zero attached hydrogens (tertiary/aromatic N) is 3. The maximum Gasteiger partial charge on any atom is 0.265 e. The zero-order valence-electron chi connectivity index (χ0n) is 13.1. The van der Waals surface area contributed by atoms with Gasteiger partial charge in [0, 0.05) is 30.9 Å². The molecular formula is C16H21N3O2S. The van der Waals surface area contributed by atoms with Crippen LogP contribution in [0.5, 0.6) is 0 Å². The Morgan fingerprint density at radius 2 is 2.14 bits per heavy atom. The number of amides is 1. The van der Waals surface area contributed by atoms with Crippen molar-refractivity contribution in [2.75, 3.05) is 13.2 Å². The minimum atomic E-state index is -0.106. The molecule has 0 spiro atoms. The Balaban J connectivity index is 2.17. The molecule has 2 aromatic heterocycles. The summed E-state index contributed by atoms with van der Waals surface area (Å²) in [5, 5.41) is 10.2. The number of hydrogen-bond donors (Lipinski definition) is 1. The van der Waals surface area contributed by atoms with E-state index in [1.807, 2.05) is 12.1 Å². The van der Waals surface area contributed by atoms with Crippen molar-refractivity contribution in [1.82, 2.24) is 14.9 Å². The van der Waals surface area contributed by atoms with Gasteiger partial charge in [0.25, 0.3) is 5.91 Å². The van der Waals surface area contributed by atoms with Crippen LogP contribution in [0.3, 0.4) is 0 Å². The van der Waals surface area contributed by atoms with Crippen molar-refractivity contribution in [3.63, 3.8) is 0 Å². The summed E-state index contributed by atoms with van der Waals surface area (Å²) in [7, 11) is 0. The lowest BCUT2D eigenvalue weighted by atomic mass is 9.98. The summed E-state index contributed by atoms with van der Waals surface area (Å²) < 4.78 is 0. The van der Waals surface area contributed by atoms with E-state index in [1.165, 1.54) is 11.3 Å². The van der Waals surface area contributed by atoms with Crippen molar-refractivity contribution in [3.05, 3.63) is 46.2 Å². The average molecular weight is 319 g/mol. The molecule has 1 amide bonds. The highest BCUT2D eigenvalue weighted by atomic mass is 32.1. The molecule has 0 aromatic carbocycles. The van der Waals surface area contributed by atoms with Gasteiger partial charge in [-0.2, -0.15) is 0 Å². The molecule has 0 unspecified atom stereocenters. The molecule has 118 valence electrons. The molecule has 2 heterocycles. The van der Waals surface area contributed by atoms with Gasteiger partial charge < -0.3 is 10.0 Å². The predicted octanol–water partition coefficient (Wildman–Crippen LogP) is 2.47. The second-order valence-electron chi connectivity index (χ2n) is 6.09. The summed E-state index contributed by atoms with van der Waals surface area (Å²) in [4.78, 5) is 23.3. The van der Waals surface area contributed by atoms with Crippen LogP contribution in [-0.2, 0) is 12.0 Å². The first kappa shape index (κ1) is 16.6. The minimum Gasteiger partial charge on any atom is -0.395 e. The molecule has 5 nitrogen and oxygen atoms in total. The molecule has 0 aliphatic heterocycles. The number of carbonyl (C=O) groups is 1. The van der Waals surface area contributed by atoms with Crippen molar-refractivity contribution < 1.29 is 9.90 Å². The van der Waals surface area contributed by atoms with E-state index in [9.17, 15) is 9.90 Å². The van der Waals surface area contributed by atoms with Crippen LogP contribution < -0.4 is 0 Å². The molecule has 0 fully saturated rings. The summed E-state index contributed by atoms with van der Waals surface area (Å²) in [6.07, 6.45) is 5.05. The Morgan fingerprint density at radius 3 is 2.68 bits per heavy atom. The van der Waals surface area contributed by atoms with Gasteiger partial charge in [0.2, 0.25) is 0 Å². The number of aromatic nitrogens is 2. The van der Waals surface area contributed by atoms with Crippen molar-refractivity contribution in [3.8, 4) is 0 Å². The topological polar surface area (TPSA) is 66.3 Å². The summed E-state index contributed by atoms with van der Waals surface area (Å²) in [6, 6.07) is 3.75. The second-order valence-corrected chi connectivity index (χ2v) is 7.12. The standard InChI is InChI=1S/C16H21N3O2S/c1-16(2,3)15-18-10-13(22-15)14(21)19(7-8-20)11-12-5-4-6-17-9-12/h4-6,9-10,20H,7-8,11H2,1-3H3. The monoisotopic (exact) mass is 319 g/mol. The van der Waals surface area contributed by atoms with E-state index in [2.05, 4.69) is 30.7 Å². The van der Waals surface area contributed by atoms with Gasteiger partial charge in [-0.1, -0.05) is 26.8 Å². The lowest BCUT2D eigenvalue weighted by Crippen LogP contribution is -2.32. The normalized spacial score (nSPS) is 11.5. The highest BCUT2D eigenvalue weighted by Crippen LogP contribution is 2.27. The van der Waals surface area contributed by atoms with E-state index >= 15 is 0 Å². The molecule has 1 N–H and O–H groups in total. The van der Waals surface area contributed by atoms with Crippen LogP contribution in [0.1, 0.15) is 41.0 Å². The molecule has 2 rings (SSSR count). The molecule has 0 atom stereocenters. The number of rotatable bonds is 5. The van der Waals surface area contributed by atoms with Crippen LogP contribution in [0.4, 0.5) is 0 Å². The van der Waals surface area contributed by atoms with Crippen LogP contribution in [0.2, 0.25) is 0 Å². The molecule has 0 saturated carbocycles. The van der Waals surface area contributed by atoms with Crippen LogP contribution in [-0.4, -0.2) is 39.0 Å². The van der Waals surface area contributed by atoms with Gasteiger partial charge in [0.1, 0.15) is 4.88 Å². The zero-order chi connectivity index (χ0) is 16.2. The Labute approximate surface area is 134 Å². The highest BCUT2D eigenvalue weighted by Gasteiger charge is 2.23. The van der Waals surface area contributed by atoms with E-state index in [4.69, 9.17) is 0 Å². The smallest absolute Gasteiger partial charge is 0.265 e. The number of hydrogen-bond acceptors (Lipinski definition) is 5. The number of carbonyl (C=O) groups excluding carboxylic acids is 1. The molecule has 2 aromatic rings. The zero-order valence-corrected chi connectivity index (χ0v) is 13.9. The number of pyridine rings is 1. The van der Waals surface area contributed by atoms with Gasteiger partial charge in [0.15, 0.2) is 0 Å². The predicted molar refractivity (Wildman–Crippen MR) is 86.9 cm³/mol. The van der Waals surface area contributed by atoms with Gasteiger partial charge in [-0.3, -0.25) is 9.78 Å². The first-order valence-electron chi connectivity index (χ1n) is 7.17. The maximum atomic E-state index is 12.6.